The molecule has 0 spiro atoms. The minimum atomic E-state index is -0.954. The van der Waals surface area contributed by atoms with Gasteiger partial charge in [-0.2, -0.15) is 0 Å². The van der Waals surface area contributed by atoms with Crippen molar-refractivity contribution < 1.29 is 19.7 Å². The van der Waals surface area contributed by atoms with Gasteiger partial charge in [0, 0.05) is 13.1 Å². The summed E-state index contributed by atoms with van der Waals surface area (Å²) in [5.74, 6) is -0.764. The number of rotatable bonds is 2. The predicted octanol–water partition coefficient (Wildman–Crippen LogP) is -1.57. The van der Waals surface area contributed by atoms with Crippen molar-refractivity contribution >= 4 is 5.91 Å². The maximum atomic E-state index is 11.1. The van der Waals surface area contributed by atoms with E-state index in [9.17, 15) is 15.0 Å². The van der Waals surface area contributed by atoms with Crippen LogP contribution in [0.3, 0.4) is 0 Å². The summed E-state index contributed by atoms with van der Waals surface area (Å²) in [5.41, 5.74) is 5.25. The van der Waals surface area contributed by atoms with Crippen LogP contribution in [0.15, 0.2) is 12.2 Å². The average molecular weight is 242 g/mol. The zero-order chi connectivity index (χ0) is 12.6. The van der Waals surface area contributed by atoms with Crippen LogP contribution in [-0.4, -0.2) is 58.6 Å². The fourth-order valence-corrected chi connectivity index (χ4v) is 2.27. The van der Waals surface area contributed by atoms with E-state index in [0.29, 0.717) is 13.1 Å². The zero-order valence-electron chi connectivity index (χ0n) is 9.69. The minimum Gasteiger partial charge on any atom is -0.388 e. The molecule has 1 fully saturated rings. The number of carbonyl (C=O) groups excluding carboxylic acids is 1. The first-order chi connectivity index (χ1) is 8.00. The fraction of sp³-hybridized carbons (Fsp3) is 0.727. The molecule has 2 aliphatic rings. The monoisotopic (exact) mass is 242 g/mol. The van der Waals surface area contributed by atoms with Crippen LogP contribution in [0, 0.1) is 5.92 Å². The van der Waals surface area contributed by atoms with E-state index in [1.54, 1.807) is 13.0 Å². The number of aliphatic hydroxyl groups is 2. The molecule has 5 atom stereocenters. The van der Waals surface area contributed by atoms with Gasteiger partial charge in [0.1, 0.15) is 18.4 Å². The van der Waals surface area contributed by atoms with Crippen molar-refractivity contribution in [3.63, 3.8) is 0 Å². The van der Waals surface area contributed by atoms with Crippen LogP contribution < -0.4 is 5.73 Å². The predicted molar refractivity (Wildman–Crippen MR) is 59.7 cm³/mol. The summed E-state index contributed by atoms with van der Waals surface area (Å²) in [6.45, 7) is 2.69. The number of hydrogen-bond donors (Lipinski definition) is 3. The standard InChI is InChI=1S/C11H18N2O4/c1-6-8(14)9(15)11(17-6)13-4-2-3-7(5-13)10(12)16/h2-3,6-9,11,14-15H,4-5H2,1H3,(H2,12,16)/t6-,7+,8-,9-,11-/m1/s1. The third kappa shape index (κ3) is 2.35. The minimum absolute atomic E-state index is 0.368. The van der Waals surface area contributed by atoms with E-state index in [1.165, 1.54) is 0 Å². The molecule has 0 aliphatic carbocycles. The maximum absolute atomic E-state index is 11.1. The first-order valence-electron chi connectivity index (χ1n) is 5.72. The van der Waals surface area contributed by atoms with Crippen molar-refractivity contribution in [2.75, 3.05) is 13.1 Å². The number of hydrogen-bond acceptors (Lipinski definition) is 5. The first-order valence-corrected chi connectivity index (χ1v) is 5.72. The third-order valence-electron chi connectivity index (χ3n) is 3.34. The van der Waals surface area contributed by atoms with Gasteiger partial charge in [-0.1, -0.05) is 12.2 Å². The lowest BCUT2D eigenvalue weighted by atomic mass is 10.0. The largest absolute Gasteiger partial charge is 0.388 e. The molecule has 96 valence electrons. The van der Waals surface area contributed by atoms with Crippen LogP contribution >= 0.6 is 0 Å². The number of nitrogens with two attached hydrogens (primary N) is 1. The molecule has 2 rings (SSSR count). The SMILES string of the molecule is C[C@H]1O[C@@H](N2CC=C[C@H](C(N)=O)C2)[C@H](O)[C@@H]1O. The average Bonchev–Trinajstić information content (AvgIpc) is 2.57. The van der Waals surface area contributed by atoms with Crippen LogP contribution in [0.5, 0.6) is 0 Å². The van der Waals surface area contributed by atoms with Gasteiger partial charge in [0.25, 0.3) is 0 Å². The van der Waals surface area contributed by atoms with Gasteiger partial charge in [-0.05, 0) is 6.92 Å². The molecule has 0 bridgehead atoms. The van der Waals surface area contributed by atoms with E-state index in [0.717, 1.165) is 0 Å². The molecule has 0 aromatic rings. The molecule has 0 radical (unpaired) electrons. The Morgan fingerprint density at radius 2 is 2.18 bits per heavy atom. The zero-order valence-corrected chi connectivity index (χ0v) is 9.69. The Labute approximate surface area is 99.7 Å². The molecule has 0 saturated carbocycles. The fourth-order valence-electron chi connectivity index (χ4n) is 2.27. The quantitative estimate of drug-likeness (QED) is 0.508. The van der Waals surface area contributed by atoms with E-state index in [1.807, 2.05) is 11.0 Å². The highest BCUT2D eigenvalue weighted by atomic mass is 16.6. The summed E-state index contributed by atoms with van der Waals surface area (Å²) >= 11 is 0. The topological polar surface area (TPSA) is 96.0 Å². The van der Waals surface area contributed by atoms with Crippen molar-refractivity contribution in [2.45, 2.75) is 31.5 Å². The third-order valence-corrected chi connectivity index (χ3v) is 3.34. The molecule has 1 saturated heterocycles. The summed E-state index contributed by atoms with van der Waals surface area (Å²) in [6.07, 6.45) is 0.757. The molecule has 6 heteroatoms. The van der Waals surface area contributed by atoms with Crippen molar-refractivity contribution in [3.8, 4) is 0 Å². The summed E-state index contributed by atoms with van der Waals surface area (Å²) in [6, 6.07) is 0. The van der Waals surface area contributed by atoms with Crippen LogP contribution in [-0.2, 0) is 9.53 Å². The second-order valence-electron chi connectivity index (χ2n) is 4.60. The van der Waals surface area contributed by atoms with Gasteiger partial charge in [-0.3, -0.25) is 9.69 Å². The van der Waals surface area contributed by atoms with E-state index in [-0.39, 0.29) is 5.92 Å². The van der Waals surface area contributed by atoms with Crippen molar-refractivity contribution in [2.24, 2.45) is 11.7 Å². The second-order valence-corrected chi connectivity index (χ2v) is 4.60. The van der Waals surface area contributed by atoms with Gasteiger partial charge >= 0.3 is 0 Å². The van der Waals surface area contributed by atoms with Gasteiger partial charge in [0.05, 0.1) is 12.0 Å². The molecule has 6 nitrogen and oxygen atoms in total. The van der Waals surface area contributed by atoms with Crippen LogP contribution in [0.2, 0.25) is 0 Å². The maximum Gasteiger partial charge on any atom is 0.225 e. The lowest BCUT2D eigenvalue weighted by Gasteiger charge is -2.33. The highest BCUT2D eigenvalue weighted by molar-refractivity contribution is 5.78. The number of carbonyl (C=O) groups is 1. The van der Waals surface area contributed by atoms with Crippen LogP contribution in [0.25, 0.3) is 0 Å². The second kappa shape index (κ2) is 4.73. The Kier molecular flexibility index (Phi) is 3.48. The molecule has 2 heterocycles. The van der Waals surface area contributed by atoms with E-state index in [4.69, 9.17) is 10.5 Å². The van der Waals surface area contributed by atoms with Gasteiger partial charge in [0.2, 0.25) is 5.91 Å². The van der Waals surface area contributed by atoms with E-state index >= 15 is 0 Å². The molecule has 0 unspecified atom stereocenters. The van der Waals surface area contributed by atoms with Gasteiger partial charge in [-0.25, -0.2) is 0 Å². The number of nitrogens with zero attached hydrogens (tertiary/aromatic N) is 1. The summed E-state index contributed by atoms with van der Waals surface area (Å²) in [7, 11) is 0. The molecule has 2 aliphatic heterocycles. The Morgan fingerprint density at radius 1 is 1.47 bits per heavy atom. The molecule has 1 amide bonds. The van der Waals surface area contributed by atoms with Crippen LogP contribution in [0.4, 0.5) is 0 Å². The summed E-state index contributed by atoms with van der Waals surface area (Å²) in [5, 5.41) is 19.5. The van der Waals surface area contributed by atoms with Gasteiger partial charge in [0.15, 0.2) is 0 Å². The summed E-state index contributed by atoms with van der Waals surface area (Å²) in [4.78, 5) is 12.9. The lowest BCUT2D eigenvalue weighted by Crippen LogP contribution is -2.49. The van der Waals surface area contributed by atoms with Crippen molar-refractivity contribution in [1.82, 2.24) is 4.90 Å². The summed E-state index contributed by atoms with van der Waals surface area (Å²) < 4.78 is 5.49. The Bertz CT molecular complexity index is 333. The lowest BCUT2D eigenvalue weighted by molar-refractivity contribution is -0.124. The molecule has 4 N–H and O–H groups in total. The molecule has 0 aromatic heterocycles. The Morgan fingerprint density at radius 3 is 2.71 bits per heavy atom. The Hall–Kier alpha value is -0.950. The number of amides is 1. The molecule has 0 aromatic carbocycles. The molecular formula is C11H18N2O4. The molecule has 17 heavy (non-hydrogen) atoms. The Balaban J connectivity index is 2.04. The number of aliphatic hydroxyl groups excluding tert-OH is 2. The van der Waals surface area contributed by atoms with Gasteiger partial charge in [-0.15, -0.1) is 0 Å². The normalized spacial score (nSPS) is 42.9. The number of primary amides is 1. The van der Waals surface area contributed by atoms with E-state index < -0.39 is 30.4 Å². The molecular weight excluding hydrogens is 224 g/mol. The van der Waals surface area contributed by atoms with E-state index in [2.05, 4.69) is 0 Å². The van der Waals surface area contributed by atoms with Crippen molar-refractivity contribution in [1.29, 1.82) is 0 Å². The van der Waals surface area contributed by atoms with Crippen LogP contribution in [0.1, 0.15) is 6.92 Å². The highest BCUT2D eigenvalue weighted by Gasteiger charge is 2.44. The highest BCUT2D eigenvalue weighted by Crippen LogP contribution is 2.25. The smallest absolute Gasteiger partial charge is 0.225 e. The van der Waals surface area contributed by atoms with Crippen molar-refractivity contribution in [3.05, 3.63) is 12.2 Å². The number of ether oxygens (including phenoxy) is 1. The first kappa shape index (κ1) is 12.5. The van der Waals surface area contributed by atoms with Gasteiger partial charge < -0.3 is 20.7 Å².